The summed E-state index contributed by atoms with van der Waals surface area (Å²) in [5.74, 6) is 1.38. The lowest BCUT2D eigenvalue weighted by atomic mass is 10.1. The summed E-state index contributed by atoms with van der Waals surface area (Å²) in [6, 6.07) is 8.99. The van der Waals surface area contributed by atoms with Gasteiger partial charge in [0, 0.05) is 30.2 Å². The van der Waals surface area contributed by atoms with Crippen molar-refractivity contribution in [1.29, 1.82) is 0 Å². The Morgan fingerprint density at radius 3 is 2.96 bits per heavy atom. The molecule has 0 amide bonds. The van der Waals surface area contributed by atoms with E-state index in [1.165, 1.54) is 6.07 Å². The van der Waals surface area contributed by atoms with Crippen LogP contribution in [-0.4, -0.2) is 31.4 Å². The van der Waals surface area contributed by atoms with Crippen LogP contribution >= 0.6 is 0 Å². The summed E-state index contributed by atoms with van der Waals surface area (Å²) >= 11 is 0. The summed E-state index contributed by atoms with van der Waals surface area (Å²) in [6.07, 6.45) is 5.54. The van der Waals surface area contributed by atoms with Crippen LogP contribution < -0.4 is 0 Å². The summed E-state index contributed by atoms with van der Waals surface area (Å²) in [5.41, 5.74) is 2.42. The number of imidazole rings is 1. The van der Waals surface area contributed by atoms with Crippen molar-refractivity contribution < 1.29 is 4.39 Å². The van der Waals surface area contributed by atoms with Crippen molar-refractivity contribution in [1.82, 2.24) is 24.8 Å². The van der Waals surface area contributed by atoms with Crippen LogP contribution in [0.15, 0.2) is 42.7 Å². The normalized spacial score (nSPS) is 17.9. The van der Waals surface area contributed by atoms with Crippen LogP contribution in [0, 0.1) is 12.7 Å². The summed E-state index contributed by atoms with van der Waals surface area (Å²) in [5, 5.41) is 0. The van der Waals surface area contributed by atoms with E-state index in [0.717, 1.165) is 42.4 Å². The second kappa shape index (κ2) is 6.72. The largest absolute Gasteiger partial charge is 0.343 e. The number of aryl methyl sites for hydroxylation is 1. The van der Waals surface area contributed by atoms with Gasteiger partial charge in [0.15, 0.2) is 5.82 Å². The average Bonchev–Trinajstić information content (AvgIpc) is 3.28. The van der Waals surface area contributed by atoms with Crippen LogP contribution in [0.25, 0.3) is 11.5 Å². The van der Waals surface area contributed by atoms with E-state index in [1.807, 2.05) is 25.1 Å². The van der Waals surface area contributed by atoms with E-state index in [0.29, 0.717) is 12.1 Å². The summed E-state index contributed by atoms with van der Waals surface area (Å²) in [6.45, 7) is 3.46. The van der Waals surface area contributed by atoms with Gasteiger partial charge in [0.25, 0.3) is 0 Å². The number of aromatic amines is 1. The van der Waals surface area contributed by atoms with Gasteiger partial charge < -0.3 is 4.98 Å². The maximum atomic E-state index is 14.0. The molecule has 0 aliphatic carbocycles. The number of hydrogen-bond donors (Lipinski definition) is 1. The van der Waals surface area contributed by atoms with E-state index in [-0.39, 0.29) is 11.9 Å². The number of nitrogens with zero attached hydrogens (tertiary/aromatic N) is 4. The van der Waals surface area contributed by atoms with Crippen LogP contribution in [0.3, 0.4) is 0 Å². The third kappa shape index (κ3) is 3.30. The smallest absolute Gasteiger partial charge is 0.156 e. The van der Waals surface area contributed by atoms with Crippen LogP contribution in [0.5, 0.6) is 0 Å². The van der Waals surface area contributed by atoms with Gasteiger partial charge in [-0.15, -0.1) is 0 Å². The lowest BCUT2D eigenvalue weighted by Crippen LogP contribution is -2.25. The molecule has 0 unspecified atom stereocenters. The highest BCUT2D eigenvalue weighted by Crippen LogP contribution is 2.32. The first-order chi connectivity index (χ1) is 12.2. The molecule has 0 spiro atoms. The molecule has 1 saturated heterocycles. The lowest BCUT2D eigenvalue weighted by Gasteiger charge is -2.24. The maximum Gasteiger partial charge on any atom is 0.156 e. The molecule has 1 aliphatic heterocycles. The van der Waals surface area contributed by atoms with Crippen molar-refractivity contribution in [3.63, 3.8) is 0 Å². The number of H-pyrrole nitrogens is 1. The van der Waals surface area contributed by atoms with Gasteiger partial charge in [0.2, 0.25) is 0 Å². The van der Waals surface area contributed by atoms with Gasteiger partial charge in [0.05, 0.1) is 6.04 Å². The Morgan fingerprint density at radius 2 is 2.16 bits per heavy atom. The molecule has 2 aromatic heterocycles. The zero-order valence-corrected chi connectivity index (χ0v) is 14.1. The molecule has 128 valence electrons. The van der Waals surface area contributed by atoms with Crippen molar-refractivity contribution in [2.45, 2.75) is 32.4 Å². The summed E-state index contributed by atoms with van der Waals surface area (Å²) in [7, 11) is 0. The van der Waals surface area contributed by atoms with Crippen LogP contribution in [0.1, 0.15) is 36.0 Å². The fourth-order valence-corrected chi connectivity index (χ4v) is 3.42. The van der Waals surface area contributed by atoms with Gasteiger partial charge in [-0.1, -0.05) is 18.2 Å². The third-order valence-electron chi connectivity index (χ3n) is 4.61. The summed E-state index contributed by atoms with van der Waals surface area (Å²) < 4.78 is 14.0. The first-order valence-corrected chi connectivity index (χ1v) is 8.53. The topological polar surface area (TPSA) is 57.7 Å². The molecule has 0 saturated carbocycles. The SMILES string of the molecule is Cc1cc(-c2ncc[nH]2)nc([C@@H]2CCCN2Cc2ccccc2F)n1. The molecular weight excluding hydrogens is 317 g/mol. The van der Waals surface area contributed by atoms with Crippen molar-refractivity contribution >= 4 is 0 Å². The van der Waals surface area contributed by atoms with E-state index in [1.54, 1.807) is 18.5 Å². The summed E-state index contributed by atoms with van der Waals surface area (Å²) in [4.78, 5) is 19.0. The van der Waals surface area contributed by atoms with E-state index in [2.05, 4.69) is 19.9 Å². The number of hydrogen-bond acceptors (Lipinski definition) is 4. The molecule has 1 aliphatic rings. The third-order valence-corrected chi connectivity index (χ3v) is 4.61. The molecule has 5 nitrogen and oxygen atoms in total. The molecule has 1 fully saturated rings. The van der Waals surface area contributed by atoms with Gasteiger partial charge in [-0.3, -0.25) is 4.90 Å². The van der Waals surface area contributed by atoms with Gasteiger partial charge >= 0.3 is 0 Å². The second-order valence-electron chi connectivity index (χ2n) is 6.41. The van der Waals surface area contributed by atoms with Gasteiger partial charge in [-0.2, -0.15) is 0 Å². The highest BCUT2D eigenvalue weighted by molar-refractivity contribution is 5.49. The first kappa shape index (κ1) is 15.9. The van der Waals surface area contributed by atoms with Crippen LogP contribution in [-0.2, 0) is 6.54 Å². The van der Waals surface area contributed by atoms with E-state index in [4.69, 9.17) is 4.98 Å². The van der Waals surface area contributed by atoms with Crippen molar-refractivity contribution in [2.75, 3.05) is 6.54 Å². The minimum absolute atomic E-state index is 0.105. The minimum atomic E-state index is -0.158. The predicted octanol–water partition coefficient (Wildman–Crippen LogP) is 3.65. The highest BCUT2D eigenvalue weighted by Gasteiger charge is 2.29. The Balaban J connectivity index is 1.63. The van der Waals surface area contributed by atoms with Crippen LogP contribution in [0.4, 0.5) is 4.39 Å². The molecule has 0 bridgehead atoms. The molecule has 25 heavy (non-hydrogen) atoms. The molecule has 1 aromatic carbocycles. The number of halogens is 1. The number of benzene rings is 1. The Hall–Kier alpha value is -2.60. The number of aromatic nitrogens is 4. The number of nitrogens with one attached hydrogen (secondary N) is 1. The predicted molar refractivity (Wildman–Crippen MR) is 93.1 cm³/mol. The van der Waals surface area contributed by atoms with Crippen molar-refractivity contribution in [3.05, 3.63) is 65.6 Å². The lowest BCUT2D eigenvalue weighted by molar-refractivity contribution is 0.236. The minimum Gasteiger partial charge on any atom is -0.343 e. The average molecular weight is 337 g/mol. The Labute approximate surface area is 146 Å². The van der Waals surface area contributed by atoms with Gasteiger partial charge in [-0.05, 0) is 38.4 Å². The number of rotatable bonds is 4. The monoisotopic (exact) mass is 337 g/mol. The van der Waals surface area contributed by atoms with Crippen molar-refractivity contribution in [3.8, 4) is 11.5 Å². The molecule has 1 atom stereocenters. The molecular formula is C19H20FN5. The zero-order chi connectivity index (χ0) is 17.2. The second-order valence-corrected chi connectivity index (χ2v) is 6.41. The van der Waals surface area contributed by atoms with Gasteiger partial charge in [-0.25, -0.2) is 19.3 Å². The van der Waals surface area contributed by atoms with E-state index < -0.39 is 0 Å². The first-order valence-electron chi connectivity index (χ1n) is 8.53. The van der Waals surface area contributed by atoms with E-state index in [9.17, 15) is 4.39 Å². The molecule has 3 aromatic rings. The molecule has 4 rings (SSSR count). The fraction of sp³-hybridized carbons (Fsp3) is 0.316. The van der Waals surface area contributed by atoms with Crippen LogP contribution in [0.2, 0.25) is 0 Å². The Morgan fingerprint density at radius 1 is 1.28 bits per heavy atom. The zero-order valence-electron chi connectivity index (χ0n) is 14.1. The molecule has 1 N–H and O–H groups in total. The quantitative estimate of drug-likeness (QED) is 0.789. The molecule has 6 heteroatoms. The van der Waals surface area contributed by atoms with Gasteiger partial charge in [0.1, 0.15) is 17.3 Å². The standard InChI is InChI=1S/C19H20FN5/c1-13-11-16(18-21-8-9-22-18)24-19(23-13)17-7-4-10-25(17)12-14-5-2-3-6-15(14)20/h2-3,5-6,8-9,11,17H,4,7,10,12H2,1H3,(H,21,22)/t17-/m0/s1. The molecule has 0 radical (unpaired) electrons. The fourth-order valence-electron chi connectivity index (χ4n) is 3.42. The Kier molecular flexibility index (Phi) is 4.28. The van der Waals surface area contributed by atoms with Crippen molar-refractivity contribution in [2.24, 2.45) is 0 Å². The molecule has 3 heterocycles. The Bertz CT molecular complexity index is 862. The van der Waals surface area contributed by atoms with E-state index >= 15 is 0 Å². The maximum absolute atomic E-state index is 14.0. The highest BCUT2D eigenvalue weighted by atomic mass is 19.1. The number of likely N-dealkylation sites (tertiary alicyclic amines) is 1.